The Bertz CT molecular complexity index is 493. The third kappa shape index (κ3) is 1.99. The number of thiophene rings is 1. The van der Waals surface area contributed by atoms with Crippen LogP contribution in [0.5, 0.6) is 0 Å². The molecule has 0 radical (unpaired) electrons. The molecule has 0 aromatic carbocycles. The number of hydrogen-bond donors (Lipinski definition) is 1. The molecule has 0 bridgehead atoms. The van der Waals surface area contributed by atoms with Gasteiger partial charge < -0.3 is 9.55 Å². The molecular formula is C12H16N2S2. The summed E-state index contributed by atoms with van der Waals surface area (Å²) in [5.74, 6) is 0. The van der Waals surface area contributed by atoms with Gasteiger partial charge in [0.25, 0.3) is 0 Å². The zero-order valence-corrected chi connectivity index (χ0v) is 11.2. The Kier molecular flexibility index (Phi) is 3.61. The van der Waals surface area contributed by atoms with E-state index in [1.165, 1.54) is 10.6 Å². The van der Waals surface area contributed by atoms with Crippen LogP contribution < -0.4 is 0 Å². The third-order valence-electron chi connectivity index (χ3n) is 2.82. The minimum Gasteiger partial charge on any atom is -0.337 e. The number of H-pyrrole nitrogens is 1. The monoisotopic (exact) mass is 252 g/mol. The van der Waals surface area contributed by atoms with Gasteiger partial charge in [-0.2, -0.15) is 0 Å². The van der Waals surface area contributed by atoms with E-state index in [1.54, 1.807) is 11.3 Å². The maximum atomic E-state index is 5.37. The first kappa shape index (κ1) is 11.6. The van der Waals surface area contributed by atoms with E-state index in [4.69, 9.17) is 12.2 Å². The highest BCUT2D eigenvalue weighted by Gasteiger charge is 2.15. The van der Waals surface area contributed by atoms with E-state index in [-0.39, 0.29) is 0 Å². The average Bonchev–Trinajstić information content (AvgIpc) is 2.91. The fourth-order valence-corrected chi connectivity index (χ4v) is 3.22. The largest absolute Gasteiger partial charge is 0.337 e. The molecule has 0 spiro atoms. The maximum absolute atomic E-state index is 5.37. The van der Waals surface area contributed by atoms with Crippen LogP contribution >= 0.6 is 23.6 Å². The van der Waals surface area contributed by atoms with Gasteiger partial charge in [-0.25, -0.2) is 0 Å². The number of imidazole rings is 1. The number of hydrogen-bond acceptors (Lipinski definition) is 2. The molecule has 1 unspecified atom stereocenters. The molecule has 0 aliphatic heterocycles. The van der Waals surface area contributed by atoms with Crippen LogP contribution in [0, 0.1) is 4.77 Å². The highest BCUT2D eigenvalue weighted by Crippen LogP contribution is 2.27. The van der Waals surface area contributed by atoms with Gasteiger partial charge in [0.1, 0.15) is 0 Å². The summed E-state index contributed by atoms with van der Waals surface area (Å²) in [6, 6.07) is 4.67. The second kappa shape index (κ2) is 4.97. The summed E-state index contributed by atoms with van der Waals surface area (Å²) in [6.07, 6.45) is 4.10. The molecule has 0 amide bonds. The zero-order valence-electron chi connectivity index (χ0n) is 9.56. The van der Waals surface area contributed by atoms with Crippen LogP contribution in [0.25, 0.3) is 0 Å². The number of nitrogens with one attached hydrogen (secondary N) is 1. The van der Waals surface area contributed by atoms with Gasteiger partial charge in [0.15, 0.2) is 4.77 Å². The average molecular weight is 252 g/mol. The number of aromatic nitrogens is 2. The Morgan fingerprint density at radius 2 is 2.31 bits per heavy atom. The van der Waals surface area contributed by atoms with Crippen molar-refractivity contribution >= 4 is 23.6 Å². The molecule has 2 heterocycles. The van der Waals surface area contributed by atoms with Crippen LogP contribution in [0.3, 0.4) is 0 Å². The van der Waals surface area contributed by atoms with Crippen LogP contribution in [-0.2, 0) is 6.42 Å². The Balaban J connectivity index is 2.48. The predicted molar refractivity (Wildman–Crippen MR) is 71.7 cm³/mol. The molecule has 0 saturated heterocycles. The topological polar surface area (TPSA) is 20.7 Å². The van der Waals surface area contributed by atoms with Crippen LogP contribution in [0.2, 0.25) is 0 Å². The van der Waals surface area contributed by atoms with Gasteiger partial charge in [0, 0.05) is 16.8 Å². The van der Waals surface area contributed by atoms with Gasteiger partial charge in [-0.1, -0.05) is 19.9 Å². The summed E-state index contributed by atoms with van der Waals surface area (Å²) in [6.45, 7) is 4.37. The molecule has 1 N–H and O–H groups in total. The molecule has 0 fully saturated rings. The minimum absolute atomic E-state index is 0.383. The zero-order chi connectivity index (χ0) is 11.5. The van der Waals surface area contributed by atoms with E-state index in [2.05, 4.69) is 40.9 Å². The Labute approximate surface area is 105 Å². The SMILES string of the molecule is CCc1c[nH]c(=S)n1C(CC)c1cccs1. The summed E-state index contributed by atoms with van der Waals surface area (Å²) in [5, 5.41) is 2.12. The van der Waals surface area contributed by atoms with E-state index >= 15 is 0 Å². The van der Waals surface area contributed by atoms with Gasteiger partial charge in [-0.15, -0.1) is 11.3 Å². The van der Waals surface area contributed by atoms with Crippen molar-refractivity contribution in [3.05, 3.63) is 39.1 Å². The van der Waals surface area contributed by atoms with Crippen LogP contribution in [-0.4, -0.2) is 9.55 Å². The summed E-state index contributed by atoms with van der Waals surface area (Å²) in [5.41, 5.74) is 1.28. The highest BCUT2D eigenvalue weighted by atomic mass is 32.1. The van der Waals surface area contributed by atoms with E-state index < -0.39 is 0 Å². The molecule has 2 nitrogen and oxygen atoms in total. The predicted octanol–water partition coefficient (Wildman–Crippen LogP) is 4.17. The Morgan fingerprint density at radius 1 is 1.50 bits per heavy atom. The van der Waals surface area contributed by atoms with Crippen molar-refractivity contribution in [2.45, 2.75) is 32.7 Å². The second-order valence-electron chi connectivity index (χ2n) is 3.75. The van der Waals surface area contributed by atoms with Crippen molar-refractivity contribution in [1.82, 2.24) is 9.55 Å². The molecule has 2 rings (SSSR count). The first-order chi connectivity index (χ1) is 7.77. The van der Waals surface area contributed by atoms with Crippen molar-refractivity contribution in [2.24, 2.45) is 0 Å². The molecule has 2 aromatic rings. The van der Waals surface area contributed by atoms with Crippen molar-refractivity contribution in [3.63, 3.8) is 0 Å². The van der Waals surface area contributed by atoms with Crippen LogP contribution in [0.4, 0.5) is 0 Å². The second-order valence-corrected chi connectivity index (χ2v) is 5.11. The fourth-order valence-electron chi connectivity index (χ4n) is 2.02. The molecule has 4 heteroatoms. The number of aryl methyl sites for hydroxylation is 1. The first-order valence-corrected chi connectivity index (χ1v) is 6.88. The van der Waals surface area contributed by atoms with E-state index in [0.717, 1.165) is 17.6 Å². The van der Waals surface area contributed by atoms with E-state index in [0.29, 0.717) is 6.04 Å². The first-order valence-electron chi connectivity index (χ1n) is 5.60. The number of rotatable bonds is 4. The fraction of sp³-hybridized carbons (Fsp3) is 0.417. The maximum Gasteiger partial charge on any atom is 0.177 e. The lowest BCUT2D eigenvalue weighted by Gasteiger charge is -2.17. The lowest BCUT2D eigenvalue weighted by atomic mass is 10.1. The molecule has 2 aromatic heterocycles. The van der Waals surface area contributed by atoms with Gasteiger partial charge in [-0.3, -0.25) is 0 Å². The van der Waals surface area contributed by atoms with Crippen molar-refractivity contribution in [1.29, 1.82) is 0 Å². The Hall–Kier alpha value is -0.870. The molecular weight excluding hydrogens is 236 g/mol. The third-order valence-corrected chi connectivity index (χ3v) is 4.11. The van der Waals surface area contributed by atoms with E-state index in [9.17, 15) is 0 Å². The van der Waals surface area contributed by atoms with Gasteiger partial charge in [0.2, 0.25) is 0 Å². The standard InChI is InChI=1S/C12H16N2S2/c1-3-9-8-13-12(15)14(9)10(4-2)11-6-5-7-16-11/h5-8,10H,3-4H2,1-2H3,(H,13,15). The van der Waals surface area contributed by atoms with Crippen LogP contribution in [0.15, 0.2) is 23.7 Å². The molecule has 0 saturated carbocycles. The Morgan fingerprint density at radius 3 is 2.88 bits per heavy atom. The highest BCUT2D eigenvalue weighted by molar-refractivity contribution is 7.71. The minimum atomic E-state index is 0.383. The summed E-state index contributed by atoms with van der Waals surface area (Å²) < 4.78 is 3.08. The molecule has 16 heavy (non-hydrogen) atoms. The van der Waals surface area contributed by atoms with Crippen LogP contribution in [0.1, 0.15) is 36.9 Å². The van der Waals surface area contributed by atoms with Crippen molar-refractivity contribution in [3.8, 4) is 0 Å². The normalized spacial score (nSPS) is 12.9. The van der Waals surface area contributed by atoms with Crippen molar-refractivity contribution in [2.75, 3.05) is 0 Å². The van der Waals surface area contributed by atoms with Crippen molar-refractivity contribution < 1.29 is 0 Å². The molecule has 0 aliphatic carbocycles. The molecule has 86 valence electrons. The van der Waals surface area contributed by atoms with Gasteiger partial charge >= 0.3 is 0 Å². The molecule has 1 atom stereocenters. The summed E-state index contributed by atoms with van der Waals surface area (Å²) in [4.78, 5) is 4.53. The summed E-state index contributed by atoms with van der Waals surface area (Å²) >= 11 is 7.17. The van der Waals surface area contributed by atoms with Gasteiger partial charge in [0.05, 0.1) is 6.04 Å². The molecule has 0 aliphatic rings. The smallest absolute Gasteiger partial charge is 0.177 e. The number of aromatic amines is 1. The number of nitrogens with zero attached hydrogens (tertiary/aromatic N) is 1. The van der Waals surface area contributed by atoms with Gasteiger partial charge in [-0.05, 0) is 36.5 Å². The lowest BCUT2D eigenvalue weighted by Crippen LogP contribution is -2.11. The van der Waals surface area contributed by atoms with E-state index in [1.807, 2.05) is 6.20 Å². The summed E-state index contributed by atoms with van der Waals surface area (Å²) in [7, 11) is 0. The quantitative estimate of drug-likeness (QED) is 0.810. The lowest BCUT2D eigenvalue weighted by molar-refractivity contribution is 0.550.